The molecule has 4 heteroatoms. The Morgan fingerprint density at radius 3 is 3.08 bits per heavy atom. The fraction of sp³-hybridized carbons (Fsp3) is 0.333. The zero-order valence-electron chi connectivity index (χ0n) is 7.28. The SMILES string of the molecule is COC(=O)c1csc(CCC=O)c1. The van der Waals surface area contributed by atoms with Crippen LogP contribution in [0.3, 0.4) is 0 Å². The van der Waals surface area contributed by atoms with Crippen molar-refractivity contribution in [3.05, 3.63) is 21.9 Å². The number of hydrogen-bond donors (Lipinski definition) is 0. The van der Waals surface area contributed by atoms with E-state index in [-0.39, 0.29) is 5.97 Å². The third-order valence-electron chi connectivity index (χ3n) is 1.58. The summed E-state index contributed by atoms with van der Waals surface area (Å²) < 4.78 is 4.55. The molecule has 70 valence electrons. The normalized spacial score (nSPS) is 9.62. The summed E-state index contributed by atoms with van der Waals surface area (Å²) in [5.74, 6) is -0.325. The monoisotopic (exact) mass is 198 g/mol. The maximum Gasteiger partial charge on any atom is 0.338 e. The van der Waals surface area contributed by atoms with Crippen molar-refractivity contribution >= 4 is 23.6 Å². The van der Waals surface area contributed by atoms with E-state index >= 15 is 0 Å². The highest BCUT2D eigenvalue weighted by Crippen LogP contribution is 2.16. The second-order valence-electron chi connectivity index (χ2n) is 2.50. The summed E-state index contributed by atoms with van der Waals surface area (Å²) in [7, 11) is 1.35. The number of thiophene rings is 1. The number of aryl methyl sites for hydroxylation is 1. The van der Waals surface area contributed by atoms with Gasteiger partial charge >= 0.3 is 5.97 Å². The Bertz CT molecular complexity index is 304. The zero-order chi connectivity index (χ0) is 9.68. The van der Waals surface area contributed by atoms with Crippen LogP contribution in [0.15, 0.2) is 11.4 Å². The highest BCUT2D eigenvalue weighted by atomic mass is 32.1. The summed E-state index contributed by atoms with van der Waals surface area (Å²) in [6.07, 6.45) is 2.07. The van der Waals surface area contributed by atoms with Crippen molar-refractivity contribution in [3.63, 3.8) is 0 Å². The molecule has 0 radical (unpaired) electrons. The Morgan fingerprint density at radius 1 is 1.69 bits per heavy atom. The summed E-state index contributed by atoms with van der Waals surface area (Å²) in [5, 5.41) is 1.74. The summed E-state index contributed by atoms with van der Waals surface area (Å²) in [6, 6.07) is 1.76. The highest BCUT2D eigenvalue weighted by Gasteiger charge is 2.07. The highest BCUT2D eigenvalue weighted by molar-refractivity contribution is 7.10. The molecule has 0 aliphatic rings. The molecule has 0 aliphatic heterocycles. The van der Waals surface area contributed by atoms with Crippen molar-refractivity contribution in [2.75, 3.05) is 7.11 Å². The first-order valence-electron chi connectivity index (χ1n) is 3.87. The van der Waals surface area contributed by atoms with E-state index in [1.54, 1.807) is 11.4 Å². The van der Waals surface area contributed by atoms with Gasteiger partial charge in [-0.3, -0.25) is 0 Å². The van der Waals surface area contributed by atoms with E-state index in [1.165, 1.54) is 18.4 Å². The standard InChI is InChI=1S/C9H10O3S/c1-12-9(11)7-5-8(13-6-7)3-2-4-10/h4-6H,2-3H2,1H3. The summed E-state index contributed by atoms with van der Waals surface area (Å²) in [4.78, 5) is 22.1. The Morgan fingerprint density at radius 2 is 2.46 bits per heavy atom. The number of methoxy groups -OCH3 is 1. The lowest BCUT2D eigenvalue weighted by molar-refractivity contribution is -0.107. The molecule has 1 aromatic rings. The van der Waals surface area contributed by atoms with Gasteiger partial charge in [-0.2, -0.15) is 0 Å². The predicted octanol–water partition coefficient (Wildman–Crippen LogP) is 1.67. The molecule has 1 heterocycles. The van der Waals surface area contributed by atoms with Gasteiger partial charge in [0.05, 0.1) is 12.7 Å². The van der Waals surface area contributed by atoms with E-state index in [2.05, 4.69) is 4.74 Å². The van der Waals surface area contributed by atoms with Crippen LogP contribution in [0.25, 0.3) is 0 Å². The predicted molar refractivity (Wildman–Crippen MR) is 50.0 cm³/mol. The molecule has 0 unspecified atom stereocenters. The molecule has 0 saturated carbocycles. The van der Waals surface area contributed by atoms with Gasteiger partial charge < -0.3 is 9.53 Å². The minimum atomic E-state index is -0.325. The number of rotatable bonds is 4. The third kappa shape index (κ3) is 2.66. The maximum absolute atomic E-state index is 11.0. The molecule has 1 rings (SSSR count). The van der Waals surface area contributed by atoms with Crippen LogP contribution in [0.4, 0.5) is 0 Å². The van der Waals surface area contributed by atoms with E-state index in [4.69, 9.17) is 0 Å². The Kier molecular flexibility index (Phi) is 3.64. The zero-order valence-corrected chi connectivity index (χ0v) is 8.10. The van der Waals surface area contributed by atoms with Gasteiger partial charge in [-0.15, -0.1) is 11.3 Å². The van der Waals surface area contributed by atoms with Gasteiger partial charge in [-0.05, 0) is 12.5 Å². The summed E-state index contributed by atoms with van der Waals surface area (Å²) in [5.41, 5.74) is 0.563. The Hall–Kier alpha value is -1.16. The molecular weight excluding hydrogens is 188 g/mol. The van der Waals surface area contributed by atoms with Crippen molar-refractivity contribution in [2.45, 2.75) is 12.8 Å². The number of hydrogen-bond acceptors (Lipinski definition) is 4. The second kappa shape index (κ2) is 4.77. The van der Waals surface area contributed by atoms with Gasteiger partial charge in [0, 0.05) is 16.7 Å². The van der Waals surface area contributed by atoms with Crippen LogP contribution < -0.4 is 0 Å². The topological polar surface area (TPSA) is 43.4 Å². The van der Waals surface area contributed by atoms with Crippen molar-refractivity contribution in [1.29, 1.82) is 0 Å². The first kappa shape index (κ1) is 9.92. The molecule has 0 saturated heterocycles. The Balaban J connectivity index is 2.63. The van der Waals surface area contributed by atoms with Crippen LogP contribution in [0.2, 0.25) is 0 Å². The number of carbonyl (C=O) groups is 2. The van der Waals surface area contributed by atoms with E-state index in [1.807, 2.05) is 0 Å². The molecule has 0 N–H and O–H groups in total. The molecule has 13 heavy (non-hydrogen) atoms. The maximum atomic E-state index is 11.0. The minimum absolute atomic E-state index is 0.325. The van der Waals surface area contributed by atoms with Crippen molar-refractivity contribution < 1.29 is 14.3 Å². The van der Waals surface area contributed by atoms with Gasteiger partial charge in [-0.25, -0.2) is 4.79 Å². The minimum Gasteiger partial charge on any atom is -0.465 e. The number of esters is 1. The molecule has 1 aromatic heterocycles. The van der Waals surface area contributed by atoms with Gasteiger partial charge in [0.15, 0.2) is 0 Å². The van der Waals surface area contributed by atoms with E-state index in [0.717, 1.165) is 11.2 Å². The summed E-state index contributed by atoms with van der Waals surface area (Å²) >= 11 is 1.47. The molecule has 3 nitrogen and oxygen atoms in total. The fourth-order valence-corrected chi connectivity index (χ4v) is 1.81. The van der Waals surface area contributed by atoms with Gasteiger partial charge in [-0.1, -0.05) is 0 Å². The number of carbonyl (C=O) groups excluding carboxylic acids is 2. The van der Waals surface area contributed by atoms with Crippen LogP contribution in [0.5, 0.6) is 0 Å². The largest absolute Gasteiger partial charge is 0.465 e. The molecule has 0 amide bonds. The average Bonchev–Trinajstić information content (AvgIpc) is 2.62. The molecule has 0 aliphatic carbocycles. The smallest absolute Gasteiger partial charge is 0.338 e. The second-order valence-corrected chi connectivity index (χ2v) is 3.49. The summed E-state index contributed by atoms with van der Waals surface area (Å²) in [6.45, 7) is 0. The quantitative estimate of drug-likeness (QED) is 0.546. The van der Waals surface area contributed by atoms with Crippen LogP contribution >= 0.6 is 11.3 Å². The van der Waals surface area contributed by atoms with Gasteiger partial charge in [0.1, 0.15) is 6.29 Å². The molecular formula is C9H10O3S. The van der Waals surface area contributed by atoms with Crippen LogP contribution in [-0.4, -0.2) is 19.4 Å². The molecule has 0 aromatic carbocycles. The van der Waals surface area contributed by atoms with E-state index in [0.29, 0.717) is 18.4 Å². The fourth-order valence-electron chi connectivity index (χ4n) is 0.938. The molecule has 0 spiro atoms. The van der Waals surface area contributed by atoms with E-state index < -0.39 is 0 Å². The molecule has 0 fully saturated rings. The molecule has 0 atom stereocenters. The van der Waals surface area contributed by atoms with Gasteiger partial charge in [0.25, 0.3) is 0 Å². The number of ether oxygens (including phenoxy) is 1. The third-order valence-corrected chi connectivity index (χ3v) is 2.58. The van der Waals surface area contributed by atoms with Crippen LogP contribution in [0, 0.1) is 0 Å². The average molecular weight is 198 g/mol. The first-order valence-corrected chi connectivity index (χ1v) is 4.75. The molecule has 0 bridgehead atoms. The lowest BCUT2D eigenvalue weighted by atomic mass is 10.2. The van der Waals surface area contributed by atoms with Crippen molar-refractivity contribution in [3.8, 4) is 0 Å². The van der Waals surface area contributed by atoms with Crippen molar-refractivity contribution in [1.82, 2.24) is 0 Å². The lowest BCUT2D eigenvalue weighted by Crippen LogP contribution is -1.98. The lowest BCUT2D eigenvalue weighted by Gasteiger charge is -1.92. The van der Waals surface area contributed by atoms with Crippen LogP contribution in [0.1, 0.15) is 21.7 Å². The van der Waals surface area contributed by atoms with Crippen LogP contribution in [-0.2, 0) is 16.0 Å². The van der Waals surface area contributed by atoms with Crippen molar-refractivity contribution in [2.24, 2.45) is 0 Å². The number of aldehydes is 1. The first-order chi connectivity index (χ1) is 6.27. The van der Waals surface area contributed by atoms with Gasteiger partial charge in [0.2, 0.25) is 0 Å². The van der Waals surface area contributed by atoms with E-state index in [9.17, 15) is 9.59 Å². The Labute approximate surface area is 80.3 Å².